The van der Waals surface area contributed by atoms with Crippen molar-refractivity contribution in [1.29, 1.82) is 0 Å². The van der Waals surface area contributed by atoms with Gasteiger partial charge in [0.05, 0.1) is 20.9 Å². The Morgan fingerprint density at radius 1 is 1.39 bits per heavy atom. The summed E-state index contributed by atoms with van der Waals surface area (Å²) in [7, 11) is 1.89. The second kappa shape index (κ2) is 5.63. The number of nitrogens with zero attached hydrogens (tertiary/aromatic N) is 2. The molecule has 0 amide bonds. The van der Waals surface area contributed by atoms with Gasteiger partial charge in [0.15, 0.2) is 0 Å². The van der Waals surface area contributed by atoms with Gasteiger partial charge in [0.2, 0.25) is 0 Å². The number of halogens is 3. The molecule has 2 aromatic rings. The third kappa shape index (κ3) is 2.90. The molecule has 0 saturated carbocycles. The first-order valence-electron chi connectivity index (χ1n) is 5.25. The van der Waals surface area contributed by atoms with Gasteiger partial charge in [0.1, 0.15) is 12.4 Å². The lowest BCUT2D eigenvalue weighted by Crippen LogP contribution is -2.03. The second-order valence-corrected chi connectivity index (χ2v) is 5.95. The molecule has 0 unspecified atom stereocenters. The minimum atomic E-state index is 0.416. The van der Waals surface area contributed by atoms with E-state index < -0.39 is 0 Å². The van der Waals surface area contributed by atoms with Crippen LogP contribution in [0.2, 0.25) is 5.02 Å². The highest BCUT2D eigenvalue weighted by atomic mass is 79.9. The largest absolute Gasteiger partial charge is 0.486 e. The van der Waals surface area contributed by atoms with Crippen molar-refractivity contribution in [3.05, 3.63) is 43.6 Å². The summed E-state index contributed by atoms with van der Waals surface area (Å²) in [5.74, 6) is 0.658. The van der Waals surface area contributed by atoms with Crippen molar-refractivity contribution in [3.63, 3.8) is 0 Å². The SMILES string of the molecule is Cc1nn(C)c(COc2ccc(Br)cc2Cl)c1Br. The Balaban J connectivity index is 2.16. The van der Waals surface area contributed by atoms with Gasteiger partial charge >= 0.3 is 0 Å². The van der Waals surface area contributed by atoms with Crippen molar-refractivity contribution < 1.29 is 4.74 Å². The Labute approximate surface area is 127 Å². The molecule has 0 aliphatic carbocycles. The van der Waals surface area contributed by atoms with E-state index >= 15 is 0 Å². The summed E-state index contributed by atoms with van der Waals surface area (Å²) in [5, 5.41) is 4.89. The molecule has 18 heavy (non-hydrogen) atoms. The Kier molecular flexibility index (Phi) is 4.35. The zero-order chi connectivity index (χ0) is 13.3. The standard InChI is InChI=1S/C12H11Br2ClN2O/c1-7-12(14)10(17(2)16-7)6-18-11-4-3-8(13)5-9(11)15/h3-5H,6H2,1-2H3. The predicted octanol–water partition coefficient (Wildman–Crippen LogP) is 4.49. The number of benzene rings is 1. The van der Waals surface area contributed by atoms with Crippen LogP contribution in [0, 0.1) is 6.92 Å². The van der Waals surface area contributed by atoms with E-state index in [1.54, 1.807) is 10.7 Å². The average molecular weight is 394 g/mol. The fourth-order valence-electron chi connectivity index (χ4n) is 1.58. The van der Waals surface area contributed by atoms with E-state index in [2.05, 4.69) is 37.0 Å². The van der Waals surface area contributed by atoms with Gasteiger partial charge in [-0.1, -0.05) is 27.5 Å². The maximum Gasteiger partial charge on any atom is 0.138 e. The molecule has 0 saturated heterocycles. The molecule has 1 heterocycles. The van der Waals surface area contributed by atoms with Gasteiger partial charge < -0.3 is 4.74 Å². The molecule has 0 atom stereocenters. The van der Waals surface area contributed by atoms with Crippen molar-refractivity contribution in [2.45, 2.75) is 13.5 Å². The van der Waals surface area contributed by atoms with Crippen LogP contribution in [0.3, 0.4) is 0 Å². The van der Waals surface area contributed by atoms with Crippen LogP contribution in [0.5, 0.6) is 5.75 Å². The minimum Gasteiger partial charge on any atom is -0.486 e. The molecule has 1 aromatic carbocycles. The van der Waals surface area contributed by atoms with Gasteiger partial charge in [0.25, 0.3) is 0 Å². The first-order chi connectivity index (χ1) is 8.49. The Hall–Kier alpha value is -0.520. The van der Waals surface area contributed by atoms with Crippen molar-refractivity contribution in [2.75, 3.05) is 0 Å². The lowest BCUT2D eigenvalue weighted by Gasteiger charge is -2.09. The molecular weight excluding hydrogens is 383 g/mol. The molecule has 0 spiro atoms. The summed E-state index contributed by atoms with van der Waals surface area (Å²) in [4.78, 5) is 0. The zero-order valence-corrected chi connectivity index (χ0v) is 13.8. The van der Waals surface area contributed by atoms with Crippen molar-refractivity contribution in [2.24, 2.45) is 7.05 Å². The summed E-state index contributed by atoms with van der Waals surface area (Å²) in [5.41, 5.74) is 1.92. The lowest BCUT2D eigenvalue weighted by molar-refractivity contribution is 0.294. The molecule has 96 valence electrons. The molecule has 0 aliphatic rings. The quantitative estimate of drug-likeness (QED) is 0.767. The van der Waals surface area contributed by atoms with Gasteiger partial charge in [-0.2, -0.15) is 5.10 Å². The van der Waals surface area contributed by atoms with Gasteiger partial charge in [0, 0.05) is 11.5 Å². The monoisotopic (exact) mass is 392 g/mol. The van der Waals surface area contributed by atoms with E-state index in [1.165, 1.54) is 0 Å². The average Bonchev–Trinajstić information content (AvgIpc) is 2.53. The maximum absolute atomic E-state index is 6.09. The van der Waals surface area contributed by atoms with E-state index in [4.69, 9.17) is 16.3 Å². The summed E-state index contributed by atoms with van der Waals surface area (Å²) < 4.78 is 9.41. The van der Waals surface area contributed by atoms with Gasteiger partial charge in [-0.25, -0.2) is 0 Å². The molecule has 6 heteroatoms. The van der Waals surface area contributed by atoms with Gasteiger partial charge in [-0.15, -0.1) is 0 Å². The third-order valence-electron chi connectivity index (χ3n) is 2.52. The molecule has 0 fully saturated rings. The van der Waals surface area contributed by atoms with E-state index in [0.717, 1.165) is 20.3 Å². The molecule has 0 N–H and O–H groups in total. The number of hydrogen-bond donors (Lipinski definition) is 0. The molecule has 0 radical (unpaired) electrons. The highest BCUT2D eigenvalue weighted by Gasteiger charge is 2.12. The molecule has 0 bridgehead atoms. The molecule has 0 aliphatic heterocycles. The van der Waals surface area contributed by atoms with E-state index in [1.807, 2.05) is 26.1 Å². The molecular formula is C12H11Br2ClN2O. The fourth-order valence-corrected chi connectivity index (χ4v) is 2.75. The van der Waals surface area contributed by atoms with Gasteiger partial charge in [-0.05, 0) is 41.1 Å². The van der Waals surface area contributed by atoms with Crippen LogP contribution >= 0.6 is 43.5 Å². The Bertz CT molecular complexity index is 584. The second-order valence-electron chi connectivity index (χ2n) is 3.83. The maximum atomic E-state index is 6.09. The van der Waals surface area contributed by atoms with E-state index in [0.29, 0.717) is 17.4 Å². The number of rotatable bonds is 3. The summed E-state index contributed by atoms with van der Waals surface area (Å²) in [6.07, 6.45) is 0. The normalized spacial score (nSPS) is 10.7. The van der Waals surface area contributed by atoms with Crippen LogP contribution < -0.4 is 4.74 Å². The highest BCUT2D eigenvalue weighted by Crippen LogP contribution is 2.29. The van der Waals surface area contributed by atoms with Crippen LogP contribution in [0.25, 0.3) is 0 Å². The zero-order valence-electron chi connectivity index (χ0n) is 9.88. The Morgan fingerprint density at radius 2 is 2.11 bits per heavy atom. The molecule has 3 nitrogen and oxygen atoms in total. The summed E-state index contributed by atoms with van der Waals surface area (Å²) >= 11 is 12.9. The van der Waals surface area contributed by atoms with E-state index in [9.17, 15) is 0 Å². The number of aromatic nitrogens is 2. The van der Waals surface area contributed by atoms with Crippen molar-refractivity contribution in [3.8, 4) is 5.75 Å². The number of aryl methyl sites for hydroxylation is 2. The van der Waals surface area contributed by atoms with Gasteiger partial charge in [-0.3, -0.25) is 4.68 Å². The highest BCUT2D eigenvalue weighted by molar-refractivity contribution is 9.10. The van der Waals surface area contributed by atoms with Crippen LogP contribution in [-0.2, 0) is 13.7 Å². The topological polar surface area (TPSA) is 27.1 Å². The van der Waals surface area contributed by atoms with Crippen molar-refractivity contribution >= 4 is 43.5 Å². The lowest BCUT2D eigenvalue weighted by atomic mass is 10.3. The fraction of sp³-hybridized carbons (Fsp3) is 0.250. The number of ether oxygens (including phenoxy) is 1. The smallest absolute Gasteiger partial charge is 0.138 e. The Morgan fingerprint density at radius 3 is 2.67 bits per heavy atom. The predicted molar refractivity (Wildman–Crippen MR) is 79.1 cm³/mol. The van der Waals surface area contributed by atoms with Crippen LogP contribution in [0.4, 0.5) is 0 Å². The molecule has 2 rings (SSSR count). The first kappa shape index (κ1) is 13.9. The van der Waals surface area contributed by atoms with Crippen LogP contribution in [-0.4, -0.2) is 9.78 Å². The van der Waals surface area contributed by atoms with Crippen LogP contribution in [0.1, 0.15) is 11.4 Å². The number of hydrogen-bond acceptors (Lipinski definition) is 2. The third-order valence-corrected chi connectivity index (χ3v) is 4.34. The minimum absolute atomic E-state index is 0.416. The molecule has 1 aromatic heterocycles. The summed E-state index contributed by atoms with van der Waals surface area (Å²) in [6, 6.07) is 5.54. The first-order valence-corrected chi connectivity index (χ1v) is 7.21. The van der Waals surface area contributed by atoms with Crippen LogP contribution in [0.15, 0.2) is 27.1 Å². The summed E-state index contributed by atoms with van der Waals surface area (Å²) in [6.45, 7) is 2.36. The van der Waals surface area contributed by atoms with Crippen molar-refractivity contribution in [1.82, 2.24) is 9.78 Å². The van der Waals surface area contributed by atoms with E-state index in [-0.39, 0.29) is 0 Å².